The molecular weight excluding hydrogens is 268 g/mol. The molecule has 1 fully saturated rings. The van der Waals surface area contributed by atoms with Crippen LogP contribution in [0.25, 0.3) is 0 Å². The third-order valence-electron chi connectivity index (χ3n) is 3.36. The first-order valence-corrected chi connectivity index (χ1v) is 6.89. The zero-order chi connectivity index (χ0) is 14.7. The molecule has 0 unspecified atom stereocenters. The van der Waals surface area contributed by atoms with Crippen LogP contribution in [0.4, 0.5) is 11.5 Å². The number of amides is 1. The van der Waals surface area contributed by atoms with Crippen LogP contribution in [-0.4, -0.2) is 38.9 Å². The summed E-state index contributed by atoms with van der Waals surface area (Å²) in [6, 6.07) is 0. The van der Waals surface area contributed by atoms with E-state index >= 15 is 0 Å². The SMILES string of the molecule is Cc1cnc(C(=O)Nc2cncnc2N2CCCC2)cn1. The van der Waals surface area contributed by atoms with Crippen molar-refractivity contribution in [3.63, 3.8) is 0 Å². The van der Waals surface area contributed by atoms with Gasteiger partial charge in [-0.1, -0.05) is 0 Å². The van der Waals surface area contributed by atoms with Crippen LogP contribution in [0.1, 0.15) is 29.0 Å². The monoisotopic (exact) mass is 284 g/mol. The second-order valence-corrected chi connectivity index (χ2v) is 4.95. The van der Waals surface area contributed by atoms with Crippen LogP contribution in [-0.2, 0) is 0 Å². The number of nitrogens with one attached hydrogen (secondary N) is 1. The van der Waals surface area contributed by atoms with Crippen molar-refractivity contribution in [3.8, 4) is 0 Å². The number of aromatic nitrogens is 4. The second-order valence-electron chi connectivity index (χ2n) is 4.95. The van der Waals surface area contributed by atoms with E-state index in [2.05, 4.69) is 30.2 Å². The number of aryl methyl sites for hydroxylation is 1. The average Bonchev–Trinajstić information content (AvgIpc) is 3.02. The number of nitrogens with zero attached hydrogens (tertiary/aromatic N) is 5. The molecular formula is C14H16N6O. The normalized spacial score (nSPS) is 14.2. The van der Waals surface area contributed by atoms with Crippen molar-refractivity contribution in [1.82, 2.24) is 19.9 Å². The Morgan fingerprint density at radius 3 is 2.67 bits per heavy atom. The van der Waals surface area contributed by atoms with Gasteiger partial charge in [0.1, 0.15) is 17.7 Å². The minimum absolute atomic E-state index is 0.275. The van der Waals surface area contributed by atoms with Crippen molar-refractivity contribution in [2.75, 3.05) is 23.3 Å². The van der Waals surface area contributed by atoms with Gasteiger partial charge in [0.15, 0.2) is 5.82 Å². The third-order valence-corrected chi connectivity index (χ3v) is 3.36. The average molecular weight is 284 g/mol. The van der Waals surface area contributed by atoms with Crippen molar-refractivity contribution < 1.29 is 4.79 Å². The predicted molar refractivity (Wildman–Crippen MR) is 78.2 cm³/mol. The molecule has 1 amide bonds. The topological polar surface area (TPSA) is 83.9 Å². The van der Waals surface area contributed by atoms with Crippen molar-refractivity contribution in [3.05, 3.63) is 36.3 Å². The van der Waals surface area contributed by atoms with Crippen LogP contribution in [0.3, 0.4) is 0 Å². The van der Waals surface area contributed by atoms with E-state index in [4.69, 9.17) is 0 Å². The van der Waals surface area contributed by atoms with Gasteiger partial charge < -0.3 is 10.2 Å². The maximum atomic E-state index is 12.2. The number of hydrogen-bond donors (Lipinski definition) is 1. The second kappa shape index (κ2) is 5.82. The lowest BCUT2D eigenvalue weighted by atomic mass is 10.3. The molecule has 0 aromatic carbocycles. The lowest BCUT2D eigenvalue weighted by Gasteiger charge is -2.19. The Morgan fingerprint density at radius 1 is 1.14 bits per heavy atom. The molecule has 0 spiro atoms. The fraction of sp³-hybridized carbons (Fsp3) is 0.357. The molecule has 1 aliphatic rings. The summed E-state index contributed by atoms with van der Waals surface area (Å²) in [6.07, 6.45) is 8.42. The van der Waals surface area contributed by atoms with E-state index in [1.807, 2.05) is 6.92 Å². The molecule has 108 valence electrons. The molecule has 1 aliphatic heterocycles. The summed E-state index contributed by atoms with van der Waals surface area (Å²) < 4.78 is 0. The van der Waals surface area contributed by atoms with E-state index in [1.54, 1.807) is 12.4 Å². The molecule has 0 saturated carbocycles. The van der Waals surface area contributed by atoms with Gasteiger partial charge in [-0.15, -0.1) is 0 Å². The Morgan fingerprint density at radius 2 is 1.95 bits per heavy atom. The van der Waals surface area contributed by atoms with Gasteiger partial charge in [0.25, 0.3) is 5.91 Å². The van der Waals surface area contributed by atoms with E-state index < -0.39 is 0 Å². The molecule has 7 nitrogen and oxygen atoms in total. The molecule has 3 rings (SSSR count). The lowest BCUT2D eigenvalue weighted by molar-refractivity contribution is 0.102. The van der Waals surface area contributed by atoms with Crippen LogP contribution in [0, 0.1) is 6.92 Å². The Hall–Kier alpha value is -2.57. The number of hydrogen-bond acceptors (Lipinski definition) is 6. The highest BCUT2D eigenvalue weighted by atomic mass is 16.1. The maximum Gasteiger partial charge on any atom is 0.276 e. The summed E-state index contributed by atoms with van der Waals surface area (Å²) in [5.41, 5.74) is 1.65. The van der Waals surface area contributed by atoms with Crippen LogP contribution in [0.15, 0.2) is 24.9 Å². The van der Waals surface area contributed by atoms with Gasteiger partial charge in [0.05, 0.1) is 18.1 Å². The van der Waals surface area contributed by atoms with E-state index in [-0.39, 0.29) is 11.6 Å². The summed E-state index contributed by atoms with van der Waals surface area (Å²) in [5, 5.41) is 2.82. The number of anilines is 2. The quantitative estimate of drug-likeness (QED) is 0.918. The largest absolute Gasteiger partial charge is 0.355 e. The summed E-state index contributed by atoms with van der Waals surface area (Å²) >= 11 is 0. The van der Waals surface area contributed by atoms with Crippen molar-refractivity contribution >= 4 is 17.4 Å². The van der Waals surface area contributed by atoms with Crippen molar-refractivity contribution in [2.45, 2.75) is 19.8 Å². The van der Waals surface area contributed by atoms with Crippen LogP contribution < -0.4 is 10.2 Å². The number of carbonyl (C=O) groups is 1. The van der Waals surface area contributed by atoms with E-state index in [9.17, 15) is 4.79 Å². The van der Waals surface area contributed by atoms with Gasteiger partial charge in [-0.2, -0.15) is 0 Å². The molecule has 0 radical (unpaired) electrons. The highest BCUT2D eigenvalue weighted by molar-refractivity contribution is 6.04. The Balaban J connectivity index is 1.81. The first-order chi connectivity index (χ1) is 10.2. The van der Waals surface area contributed by atoms with Crippen LogP contribution in [0.2, 0.25) is 0 Å². The van der Waals surface area contributed by atoms with E-state index in [0.29, 0.717) is 5.69 Å². The minimum atomic E-state index is -0.308. The maximum absolute atomic E-state index is 12.2. The van der Waals surface area contributed by atoms with E-state index in [0.717, 1.165) is 37.4 Å². The summed E-state index contributed by atoms with van der Waals surface area (Å²) in [5.74, 6) is 0.452. The van der Waals surface area contributed by atoms with Gasteiger partial charge in [-0.05, 0) is 19.8 Å². The molecule has 3 heterocycles. The van der Waals surface area contributed by atoms with Gasteiger partial charge in [-0.3, -0.25) is 9.78 Å². The molecule has 0 atom stereocenters. The molecule has 2 aromatic rings. The molecule has 0 bridgehead atoms. The van der Waals surface area contributed by atoms with Crippen LogP contribution >= 0.6 is 0 Å². The fourth-order valence-electron chi connectivity index (χ4n) is 2.29. The molecule has 7 heteroatoms. The van der Waals surface area contributed by atoms with Gasteiger partial charge in [-0.25, -0.2) is 15.0 Å². The standard InChI is InChI=1S/C14H16N6O/c1-10-6-17-12(8-16-10)14(21)19-11-7-15-9-18-13(11)20-4-2-3-5-20/h6-9H,2-5H2,1H3,(H,19,21). The lowest BCUT2D eigenvalue weighted by Crippen LogP contribution is -2.23. The zero-order valence-electron chi connectivity index (χ0n) is 11.8. The van der Waals surface area contributed by atoms with Crippen molar-refractivity contribution in [2.24, 2.45) is 0 Å². The van der Waals surface area contributed by atoms with Crippen molar-refractivity contribution in [1.29, 1.82) is 0 Å². The Labute approximate surface area is 122 Å². The summed E-state index contributed by atoms with van der Waals surface area (Å²) in [4.78, 5) is 30.8. The highest BCUT2D eigenvalue weighted by Gasteiger charge is 2.19. The number of rotatable bonds is 3. The first kappa shape index (κ1) is 13.4. The highest BCUT2D eigenvalue weighted by Crippen LogP contribution is 2.25. The predicted octanol–water partition coefficient (Wildman–Crippen LogP) is 1.43. The molecule has 2 aromatic heterocycles. The number of carbonyl (C=O) groups excluding carboxylic acids is 1. The summed E-state index contributed by atoms with van der Waals surface area (Å²) in [7, 11) is 0. The minimum Gasteiger partial charge on any atom is -0.355 e. The molecule has 1 saturated heterocycles. The van der Waals surface area contributed by atoms with Gasteiger partial charge in [0.2, 0.25) is 0 Å². The zero-order valence-corrected chi connectivity index (χ0v) is 11.8. The smallest absolute Gasteiger partial charge is 0.276 e. The first-order valence-electron chi connectivity index (χ1n) is 6.89. The molecule has 21 heavy (non-hydrogen) atoms. The van der Waals surface area contributed by atoms with Gasteiger partial charge in [0, 0.05) is 19.3 Å². The molecule has 0 aliphatic carbocycles. The Kier molecular flexibility index (Phi) is 3.72. The molecule has 1 N–H and O–H groups in total. The van der Waals surface area contributed by atoms with Gasteiger partial charge >= 0.3 is 0 Å². The van der Waals surface area contributed by atoms with E-state index in [1.165, 1.54) is 12.5 Å². The van der Waals surface area contributed by atoms with Crippen LogP contribution in [0.5, 0.6) is 0 Å². The third kappa shape index (κ3) is 2.96. The Bertz CT molecular complexity index is 636. The fourth-order valence-corrected chi connectivity index (χ4v) is 2.29. The summed E-state index contributed by atoms with van der Waals surface area (Å²) in [6.45, 7) is 3.72.